The van der Waals surface area contributed by atoms with E-state index in [0.29, 0.717) is 16.5 Å². The van der Waals surface area contributed by atoms with Crippen molar-refractivity contribution in [3.8, 4) is 5.75 Å². The van der Waals surface area contributed by atoms with E-state index in [1.165, 1.54) is 23.9 Å². The summed E-state index contributed by atoms with van der Waals surface area (Å²) in [7, 11) is 1.35. The Morgan fingerprint density at radius 3 is 2.64 bits per heavy atom. The quantitative estimate of drug-likeness (QED) is 0.768. The Bertz CT molecular complexity index is 996. The molecule has 0 saturated carbocycles. The molecule has 1 aromatic heterocycles. The lowest BCUT2D eigenvalue weighted by atomic mass is 10.1. The summed E-state index contributed by atoms with van der Waals surface area (Å²) in [5, 5.41) is 9.66. The van der Waals surface area contributed by atoms with E-state index in [2.05, 4.69) is 0 Å². The summed E-state index contributed by atoms with van der Waals surface area (Å²) in [5.41, 5.74) is 0.847. The number of carbonyl (C=O) groups excluding carboxylic acids is 1. The van der Waals surface area contributed by atoms with Crippen molar-refractivity contribution in [2.45, 2.75) is 6.42 Å². The van der Waals surface area contributed by atoms with Gasteiger partial charge in [0.25, 0.3) is 5.91 Å². The molecule has 0 aliphatic rings. The van der Waals surface area contributed by atoms with Gasteiger partial charge in [0.2, 0.25) is 0 Å². The number of carbonyl (C=O) groups is 2. The Hall–Kier alpha value is -2.86. The van der Waals surface area contributed by atoms with E-state index >= 15 is 0 Å². The predicted molar refractivity (Wildman–Crippen MR) is 91.0 cm³/mol. The van der Waals surface area contributed by atoms with Crippen molar-refractivity contribution < 1.29 is 23.8 Å². The number of methoxy groups -OCH3 is 1. The van der Waals surface area contributed by atoms with Crippen LogP contribution in [0.2, 0.25) is 5.02 Å². The van der Waals surface area contributed by atoms with Crippen LogP contribution in [-0.2, 0) is 11.2 Å². The summed E-state index contributed by atoms with van der Waals surface area (Å²) in [6.45, 7) is 0. The second-order valence-electron chi connectivity index (χ2n) is 5.38. The number of aliphatic carboxylic acids is 1. The number of hydrogen-bond acceptors (Lipinski definition) is 3. The lowest BCUT2D eigenvalue weighted by Gasteiger charge is -2.09. The number of benzene rings is 2. The molecule has 2 aromatic carbocycles. The van der Waals surface area contributed by atoms with Crippen LogP contribution < -0.4 is 4.74 Å². The zero-order valence-electron chi connectivity index (χ0n) is 13.1. The van der Waals surface area contributed by atoms with Gasteiger partial charge in [0.05, 0.1) is 29.6 Å². The van der Waals surface area contributed by atoms with Crippen LogP contribution in [-0.4, -0.2) is 28.7 Å². The van der Waals surface area contributed by atoms with E-state index in [9.17, 15) is 14.0 Å². The Kier molecular flexibility index (Phi) is 4.46. The fraction of sp³-hybridized carbons (Fsp3) is 0.111. The van der Waals surface area contributed by atoms with Crippen LogP contribution in [0.15, 0.2) is 42.6 Å². The van der Waals surface area contributed by atoms with Crippen LogP contribution in [0.3, 0.4) is 0 Å². The molecule has 1 N–H and O–H groups in total. The maximum Gasteiger partial charge on any atom is 0.307 e. The molecule has 0 amide bonds. The zero-order chi connectivity index (χ0) is 18.1. The molecule has 128 valence electrons. The highest BCUT2D eigenvalue weighted by molar-refractivity contribution is 6.34. The molecule has 0 aliphatic carbocycles. The van der Waals surface area contributed by atoms with Crippen molar-refractivity contribution in [2.75, 3.05) is 7.11 Å². The first kappa shape index (κ1) is 17.0. The van der Waals surface area contributed by atoms with Crippen LogP contribution in [0.5, 0.6) is 5.75 Å². The lowest BCUT2D eigenvalue weighted by Crippen LogP contribution is -2.12. The summed E-state index contributed by atoms with van der Waals surface area (Å²) in [4.78, 5) is 24.0. The Morgan fingerprint density at radius 2 is 2.00 bits per heavy atom. The predicted octanol–water partition coefficient (Wildman–Crippen LogP) is 3.76. The van der Waals surface area contributed by atoms with Crippen LogP contribution in [0, 0.1) is 5.82 Å². The van der Waals surface area contributed by atoms with Crippen LogP contribution in [0.1, 0.15) is 15.9 Å². The van der Waals surface area contributed by atoms with Crippen LogP contribution >= 0.6 is 11.6 Å². The fourth-order valence-electron chi connectivity index (χ4n) is 2.74. The maximum atomic E-state index is 13.9. The standard InChI is InChI=1S/C18H13ClFNO4/c1-25-15-8-11(20)7-13-10(6-16(22)23)9-21(17(13)15)18(24)12-4-2-3-5-14(12)19/h2-5,7-9H,6H2,1H3,(H,22,23). The second-order valence-corrected chi connectivity index (χ2v) is 5.79. The first-order valence-electron chi connectivity index (χ1n) is 7.31. The van der Waals surface area contributed by atoms with Gasteiger partial charge in [-0.2, -0.15) is 0 Å². The largest absolute Gasteiger partial charge is 0.494 e. The number of fused-ring (bicyclic) bond motifs is 1. The normalized spacial score (nSPS) is 10.8. The third kappa shape index (κ3) is 3.08. The third-order valence-corrected chi connectivity index (χ3v) is 4.13. The molecule has 0 atom stereocenters. The number of aromatic nitrogens is 1. The second kappa shape index (κ2) is 6.57. The highest BCUT2D eigenvalue weighted by atomic mass is 35.5. The average Bonchev–Trinajstić information content (AvgIpc) is 2.91. The lowest BCUT2D eigenvalue weighted by molar-refractivity contribution is -0.136. The molecular weight excluding hydrogens is 349 g/mol. The number of nitrogens with zero attached hydrogens (tertiary/aromatic N) is 1. The number of carboxylic acid groups (broad SMARTS) is 1. The summed E-state index contributed by atoms with van der Waals surface area (Å²) in [6.07, 6.45) is 1.03. The minimum atomic E-state index is -1.09. The summed E-state index contributed by atoms with van der Waals surface area (Å²) >= 11 is 6.09. The van der Waals surface area contributed by atoms with Crippen molar-refractivity contribution >= 4 is 34.4 Å². The third-order valence-electron chi connectivity index (χ3n) is 3.80. The van der Waals surface area contributed by atoms with Gasteiger partial charge in [0.15, 0.2) is 0 Å². The summed E-state index contributed by atoms with van der Waals surface area (Å²) in [5.74, 6) is -2.00. The molecule has 0 aliphatic heterocycles. The number of hydrogen-bond donors (Lipinski definition) is 1. The number of ether oxygens (including phenoxy) is 1. The minimum absolute atomic E-state index is 0.132. The monoisotopic (exact) mass is 361 g/mol. The first-order chi connectivity index (χ1) is 11.9. The molecule has 0 bridgehead atoms. The number of rotatable bonds is 4. The maximum absolute atomic E-state index is 13.9. The molecule has 5 nitrogen and oxygen atoms in total. The minimum Gasteiger partial charge on any atom is -0.494 e. The van der Waals surface area contributed by atoms with Crippen LogP contribution in [0.4, 0.5) is 4.39 Å². The molecule has 3 rings (SSSR count). The first-order valence-corrected chi connectivity index (χ1v) is 7.68. The van der Waals surface area contributed by atoms with Crippen LogP contribution in [0.25, 0.3) is 10.9 Å². The molecule has 3 aromatic rings. The SMILES string of the molecule is COc1cc(F)cc2c(CC(=O)O)cn(C(=O)c3ccccc3Cl)c12. The topological polar surface area (TPSA) is 68.5 Å². The van der Waals surface area contributed by atoms with E-state index in [0.717, 1.165) is 6.07 Å². The average molecular weight is 362 g/mol. The van der Waals surface area contributed by atoms with Crippen molar-refractivity contribution in [1.82, 2.24) is 4.57 Å². The molecular formula is C18H13ClFNO4. The highest BCUT2D eigenvalue weighted by Crippen LogP contribution is 2.32. The van der Waals surface area contributed by atoms with Gasteiger partial charge in [-0.25, -0.2) is 4.39 Å². The van der Waals surface area contributed by atoms with Gasteiger partial charge in [0.1, 0.15) is 11.6 Å². The van der Waals surface area contributed by atoms with Crippen molar-refractivity contribution in [2.24, 2.45) is 0 Å². The van der Waals surface area contributed by atoms with Gasteiger partial charge in [-0.3, -0.25) is 14.2 Å². The molecule has 1 heterocycles. The van der Waals surface area contributed by atoms with Gasteiger partial charge in [-0.15, -0.1) is 0 Å². The van der Waals surface area contributed by atoms with Gasteiger partial charge < -0.3 is 9.84 Å². The Labute approximate surface area is 147 Å². The van der Waals surface area contributed by atoms with Crippen molar-refractivity contribution in [3.05, 3.63) is 64.6 Å². The Balaban J connectivity index is 2.29. The summed E-state index contributed by atoms with van der Waals surface area (Å²) < 4.78 is 20.3. The Morgan fingerprint density at radius 1 is 1.28 bits per heavy atom. The van der Waals surface area contributed by atoms with Gasteiger partial charge in [-0.05, 0) is 23.8 Å². The molecule has 0 unspecified atom stereocenters. The molecule has 0 fully saturated rings. The van der Waals surface area contributed by atoms with E-state index in [-0.39, 0.29) is 22.8 Å². The van der Waals surface area contributed by atoms with Gasteiger partial charge in [-0.1, -0.05) is 23.7 Å². The zero-order valence-corrected chi connectivity index (χ0v) is 13.9. The van der Waals surface area contributed by atoms with E-state index in [1.54, 1.807) is 24.3 Å². The smallest absolute Gasteiger partial charge is 0.307 e. The number of carboxylic acids is 1. The van der Waals surface area contributed by atoms with E-state index in [4.69, 9.17) is 21.4 Å². The van der Waals surface area contributed by atoms with Crippen molar-refractivity contribution in [1.29, 1.82) is 0 Å². The molecule has 0 radical (unpaired) electrons. The molecule has 7 heteroatoms. The van der Waals surface area contributed by atoms with E-state index < -0.39 is 17.7 Å². The number of halogens is 2. The molecule has 0 spiro atoms. The summed E-state index contributed by atoms with van der Waals surface area (Å²) in [6, 6.07) is 8.83. The van der Waals surface area contributed by atoms with Gasteiger partial charge >= 0.3 is 5.97 Å². The highest BCUT2D eigenvalue weighted by Gasteiger charge is 2.22. The van der Waals surface area contributed by atoms with Gasteiger partial charge in [0, 0.05) is 17.6 Å². The molecule has 0 saturated heterocycles. The molecule has 25 heavy (non-hydrogen) atoms. The fourth-order valence-corrected chi connectivity index (χ4v) is 2.96. The van der Waals surface area contributed by atoms with Crippen molar-refractivity contribution in [3.63, 3.8) is 0 Å². The van der Waals surface area contributed by atoms with E-state index in [1.807, 2.05) is 0 Å².